The number of aromatic carboxylic acids is 1. The number of carboxylic acid groups (broad SMARTS) is 1. The molecule has 2 rings (SSSR count). The molecule has 0 radical (unpaired) electrons. The fourth-order valence-electron chi connectivity index (χ4n) is 1.56. The van der Waals surface area contributed by atoms with Gasteiger partial charge in [0.1, 0.15) is 10.8 Å². The molecule has 0 aliphatic heterocycles. The summed E-state index contributed by atoms with van der Waals surface area (Å²) in [4.78, 5) is 22.9. The highest BCUT2D eigenvalue weighted by atomic mass is 35.5. The van der Waals surface area contributed by atoms with Gasteiger partial charge in [-0.15, -0.1) is 11.3 Å². The largest absolute Gasteiger partial charge is 0.497 e. The third-order valence-corrected chi connectivity index (χ3v) is 3.70. The number of carbonyl (C=O) groups excluding carboxylic acids is 1. The van der Waals surface area contributed by atoms with Crippen molar-refractivity contribution in [3.05, 3.63) is 40.2 Å². The number of thiophene rings is 1. The van der Waals surface area contributed by atoms with E-state index in [-0.39, 0.29) is 10.6 Å². The molecule has 0 saturated heterocycles. The standard InChI is InChI=1S/C13H11ClN2O4S/c1-20-7-2-3-9(14)10(6-7)15-13(19)16-11-8(12(17)18)4-5-21-11/h2-6H,1H3,(H,17,18)(H2,15,16,19). The van der Waals surface area contributed by atoms with Crippen LogP contribution in [0.5, 0.6) is 5.75 Å². The van der Waals surface area contributed by atoms with Crippen molar-refractivity contribution in [3.8, 4) is 5.75 Å². The molecule has 1 aromatic heterocycles. The fourth-order valence-corrected chi connectivity index (χ4v) is 2.50. The van der Waals surface area contributed by atoms with Crippen LogP contribution >= 0.6 is 22.9 Å². The Hall–Kier alpha value is -2.25. The van der Waals surface area contributed by atoms with Gasteiger partial charge in [-0.25, -0.2) is 9.59 Å². The van der Waals surface area contributed by atoms with Gasteiger partial charge >= 0.3 is 12.0 Å². The topological polar surface area (TPSA) is 87.7 Å². The Bertz CT molecular complexity index is 687. The second-order valence-electron chi connectivity index (χ2n) is 3.89. The van der Waals surface area contributed by atoms with Crippen LogP contribution in [0.3, 0.4) is 0 Å². The zero-order valence-electron chi connectivity index (χ0n) is 10.8. The van der Waals surface area contributed by atoms with Gasteiger partial charge < -0.3 is 15.2 Å². The van der Waals surface area contributed by atoms with Crippen LogP contribution in [0.1, 0.15) is 10.4 Å². The van der Waals surface area contributed by atoms with Crippen LogP contribution in [0, 0.1) is 0 Å². The number of nitrogens with one attached hydrogen (secondary N) is 2. The summed E-state index contributed by atoms with van der Waals surface area (Å²) in [5.74, 6) is -0.567. The van der Waals surface area contributed by atoms with E-state index in [0.717, 1.165) is 11.3 Å². The van der Waals surface area contributed by atoms with Crippen LogP contribution in [0.2, 0.25) is 5.02 Å². The van der Waals surface area contributed by atoms with Crippen LogP contribution in [0.15, 0.2) is 29.6 Å². The minimum atomic E-state index is -1.11. The number of hydrogen-bond donors (Lipinski definition) is 3. The van der Waals surface area contributed by atoms with Gasteiger partial charge in [0.15, 0.2) is 0 Å². The monoisotopic (exact) mass is 326 g/mol. The Morgan fingerprint density at radius 3 is 2.71 bits per heavy atom. The number of carbonyl (C=O) groups is 2. The second kappa shape index (κ2) is 6.47. The summed E-state index contributed by atoms with van der Waals surface area (Å²) < 4.78 is 5.04. The minimum Gasteiger partial charge on any atom is -0.497 e. The molecule has 1 heterocycles. The maximum atomic E-state index is 11.9. The van der Waals surface area contributed by atoms with Gasteiger partial charge in [-0.2, -0.15) is 0 Å². The van der Waals surface area contributed by atoms with E-state index in [0.29, 0.717) is 16.5 Å². The molecule has 0 spiro atoms. The fraction of sp³-hybridized carbons (Fsp3) is 0.0769. The van der Waals surface area contributed by atoms with E-state index in [1.165, 1.54) is 13.2 Å². The predicted molar refractivity (Wildman–Crippen MR) is 81.9 cm³/mol. The van der Waals surface area contributed by atoms with Crippen molar-refractivity contribution in [3.63, 3.8) is 0 Å². The van der Waals surface area contributed by atoms with Crippen molar-refractivity contribution < 1.29 is 19.4 Å². The first-order valence-electron chi connectivity index (χ1n) is 5.73. The zero-order chi connectivity index (χ0) is 15.4. The number of carboxylic acids is 1. The van der Waals surface area contributed by atoms with Crippen molar-refractivity contribution in [1.29, 1.82) is 0 Å². The second-order valence-corrected chi connectivity index (χ2v) is 5.22. The average molecular weight is 327 g/mol. The van der Waals surface area contributed by atoms with E-state index in [4.69, 9.17) is 21.4 Å². The molecule has 2 aromatic rings. The molecule has 0 unspecified atom stereocenters. The highest BCUT2D eigenvalue weighted by molar-refractivity contribution is 7.14. The smallest absolute Gasteiger partial charge is 0.338 e. The molecule has 8 heteroatoms. The lowest BCUT2D eigenvalue weighted by Crippen LogP contribution is -2.20. The molecule has 6 nitrogen and oxygen atoms in total. The number of ether oxygens (including phenoxy) is 1. The van der Waals surface area contributed by atoms with Gasteiger partial charge in [-0.05, 0) is 23.6 Å². The van der Waals surface area contributed by atoms with E-state index < -0.39 is 12.0 Å². The van der Waals surface area contributed by atoms with E-state index in [1.807, 2.05) is 0 Å². The lowest BCUT2D eigenvalue weighted by atomic mass is 10.3. The van der Waals surface area contributed by atoms with Crippen molar-refractivity contribution in [2.75, 3.05) is 17.7 Å². The molecule has 0 bridgehead atoms. The highest BCUT2D eigenvalue weighted by Crippen LogP contribution is 2.27. The number of anilines is 2. The quantitative estimate of drug-likeness (QED) is 0.798. The average Bonchev–Trinajstić information content (AvgIpc) is 2.89. The molecule has 0 atom stereocenters. The molecule has 0 saturated carbocycles. The van der Waals surface area contributed by atoms with Crippen LogP contribution in [0.25, 0.3) is 0 Å². The first-order chi connectivity index (χ1) is 10.0. The van der Waals surface area contributed by atoms with E-state index in [9.17, 15) is 9.59 Å². The third kappa shape index (κ3) is 3.65. The number of benzene rings is 1. The van der Waals surface area contributed by atoms with E-state index in [1.54, 1.807) is 23.6 Å². The zero-order valence-corrected chi connectivity index (χ0v) is 12.4. The molecule has 21 heavy (non-hydrogen) atoms. The molecule has 1 aromatic carbocycles. The number of urea groups is 1. The number of amides is 2. The van der Waals surface area contributed by atoms with Crippen molar-refractivity contribution >= 4 is 45.6 Å². The summed E-state index contributed by atoms with van der Waals surface area (Å²) >= 11 is 7.09. The van der Waals surface area contributed by atoms with Crippen LogP contribution < -0.4 is 15.4 Å². The van der Waals surface area contributed by atoms with Crippen molar-refractivity contribution in [1.82, 2.24) is 0 Å². The molecule has 2 amide bonds. The predicted octanol–water partition coefficient (Wildman–Crippen LogP) is 3.75. The first kappa shape index (κ1) is 15.1. The maximum absolute atomic E-state index is 11.9. The number of hydrogen-bond acceptors (Lipinski definition) is 4. The lowest BCUT2D eigenvalue weighted by molar-refractivity contribution is 0.0698. The molecule has 0 aliphatic rings. The minimum absolute atomic E-state index is 0.0342. The number of rotatable bonds is 4. The highest BCUT2D eigenvalue weighted by Gasteiger charge is 2.14. The van der Waals surface area contributed by atoms with Crippen LogP contribution in [-0.2, 0) is 0 Å². The van der Waals surface area contributed by atoms with Gasteiger partial charge in [-0.1, -0.05) is 11.6 Å². The summed E-state index contributed by atoms with van der Waals surface area (Å²) in [6.07, 6.45) is 0. The SMILES string of the molecule is COc1ccc(Cl)c(NC(=O)Nc2sccc2C(=O)O)c1. The van der Waals surface area contributed by atoms with Gasteiger partial charge in [0.25, 0.3) is 0 Å². The lowest BCUT2D eigenvalue weighted by Gasteiger charge is -2.10. The Morgan fingerprint density at radius 1 is 1.29 bits per heavy atom. The van der Waals surface area contributed by atoms with Crippen LogP contribution in [-0.4, -0.2) is 24.2 Å². The molecule has 110 valence electrons. The first-order valence-corrected chi connectivity index (χ1v) is 6.99. The Kier molecular flexibility index (Phi) is 4.66. The summed E-state index contributed by atoms with van der Waals surface area (Å²) in [6, 6.07) is 5.64. The van der Waals surface area contributed by atoms with E-state index in [2.05, 4.69) is 10.6 Å². The van der Waals surface area contributed by atoms with E-state index >= 15 is 0 Å². The Labute approximate surface area is 129 Å². The molecule has 0 aliphatic carbocycles. The third-order valence-electron chi connectivity index (χ3n) is 2.54. The van der Waals surface area contributed by atoms with Crippen molar-refractivity contribution in [2.24, 2.45) is 0 Å². The van der Waals surface area contributed by atoms with Crippen molar-refractivity contribution in [2.45, 2.75) is 0 Å². The normalized spacial score (nSPS) is 10.0. The summed E-state index contributed by atoms with van der Waals surface area (Å²) in [5, 5.41) is 16.2. The molecular weight excluding hydrogens is 316 g/mol. The van der Waals surface area contributed by atoms with Crippen LogP contribution in [0.4, 0.5) is 15.5 Å². The van der Waals surface area contributed by atoms with Gasteiger partial charge in [0.05, 0.1) is 23.4 Å². The van der Waals surface area contributed by atoms with Gasteiger partial charge in [-0.3, -0.25) is 5.32 Å². The molecule has 3 N–H and O–H groups in total. The molecule has 0 fully saturated rings. The Morgan fingerprint density at radius 2 is 2.05 bits per heavy atom. The Balaban J connectivity index is 2.11. The van der Waals surface area contributed by atoms with Gasteiger partial charge in [0, 0.05) is 6.07 Å². The summed E-state index contributed by atoms with van der Waals surface area (Å²) in [5.41, 5.74) is 0.397. The van der Waals surface area contributed by atoms with Gasteiger partial charge in [0.2, 0.25) is 0 Å². The maximum Gasteiger partial charge on any atom is 0.338 e. The number of methoxy groups -OCH3 is 1. The molecular formula is C13H11ClN2O4S. The number of halogens is 1. The summed E-state index contributed by atoms with van der Waals surface area (Å²) in [7, 11) is 1.50. The summed E-state index contributed by atoms with van der Waals surface area (Å²) in [6.45, 7) is 0.